The van der Waals surface area contributed by atoms with Crippen molar-refractivity contribution in [1.29, 1.82) is 0 Å². The lowest BCUT2D eigenvalue weighted by atomic mass is 9.92. The van der Waals surface area contributed by atoms with E-state index in [-0.39, 0.29) is 5.54 Å². The van der Waals surface area contributed by atoms with Gasteiger partial charge in [-0.3, -0.25) is 0 Å². The van der Waals surface area contributed by atoms with Crippen molar-refractivity contribution in [1.82, 2.24) is 4.90 Å². The van der Waals surface area contributed by atoms with Crippen LogP contribution in [0.5, 0.6) is 0 Å². The molecule has 0 unspecified atom stereocenters. The van der Waals surface area contributed by atoms with Gasteiger partial charge in [-0.15, -0.1) is 0 Å². The van der Waals surface area contributed by atoms with Crippen LogP contribution in [-0.4, -0.2) is 42.8 Å². The molecule has 16 heavy (non-hydrogen) atoms. The predicted molar refractivity (Wildman–Crippen MR) is 68.6 cm³/mol. The van der Waals surface area contributed by atoms with Crippen LogP contribution in [0.4, 0.5) is 0 Å². The molecule has 1 aliphatic heterocycles. The normalized spacial score (nSPS) is 20.2. The summed E-state index contributed by atoms with van der Waals surface area (Å²) in [6.07, 6.45) is 4.94. The SMILES string of the molecule is CCOC1CCN(CC(N)(CC)CC)CC1. The molecule has 0 saturated carbocycles. The Morgan fingerprint density at radius 2 is 1.75 bits per heavy atom. The Labute approximate surface area is 100 Å². The summed E-state index contributed by atoms with van der Waals surface area (Å²) in [5, 5.41) is 0. The summed E-state index contributed by atoms with van der Waals surface area (Å²) in [6.45, 7) is 10.6. The summed E-state index contributed by atoms with van der Waals surface area (Å²) in [4.78, 5) is 2.50. The first-order valence-electron chi connectivity index (χ1n) is 6.76. The van der Waals surface area contributed by atoms with Gasteiger partial charge in [-0.1, -0.05) is 13.8 Å². The Balaban J connectivity index is 2.31. The monoisotopic (exact) mass is 228 g/mol. The molecule has 0 bridgehead atoms. The lowest BCUT2D eigenvalue weighted by Gasteiger charge is -2.38. The Morgan fingerprint density at radius 1 is 1.19 bits per heavy atom. The van der Waals surface area contributed by atoms with Crippen LogP contribution in [0.2, 0.25) is 0 Å². The smallest absolute Gasteiger partial charge is 0.0599 e. The van der Waals surface area contributed by atoms with Gasteiger partial charge in [0.2, 0.25) is 0 Å². The van der Waals surface area contributed by atoms with Crippen LogP contribution in [-0.2, 0) is 4.74 Å². The highest BCUT2D eigenvalue weighted by molar-refractivity contribution is 4.86. The van der Waals surface area contributed by atoms with Crippen LogP contribution < -0.4 is 5.73 Å². The number of nitrogens with zero attached hydrogens (tertiary/aromatic N) is 1. The van der Waals surface area contributed by atoms with Crippen LogP contribution in [0.25, 0.3) is 0 Å². The molecule has 1 saturated heterocycles. The molecule has 0 amide bonds. The minimum atomic E-state index is 0.0124. The van der Waals surface area contributed by atoms with Gasteiger partial charge in [-0.2, -0.15) is 0 Å². The number of ether oxygens (including phenoxy) is 1. The molecule has 0 aliphatic carbocycles. The number of hydrogen-bond acceptors (Lipinski definition) is 3. The zero-order valence-corrected chi connectivity index (χ0v) is 11.2. The summed E-state index contributed by atoms with van der Waals surface area (Å²) in [5.74, 6) is 0. The molecule has 1 fully saturated rings. The van der Waals surface area contributed by atoms with Crippen molar-refractivity contribution >= 4 is 0 Å². The average molecular weight is 228 g/mol. The maximum absolute atomic E-state index is 6.35. The molecular weight excluding hydrogens is 200 g/mol. The second-order valence-corrected chi connectivity index (χ2v) is 5.00. The van der Waals surface area contributed by atoms with Crippen molar-refractivity contribution in [2.75, 3.05) is 26.2 Å². The fourth-order valence-corrected chi connectivity index (χ4v) is 2.39. The van der Waals surface area contributed by atoms with Gasteiger partial charge in [-0.05, 0) is 32.6 Å². The van der Waals surface area contributed by atoms with Crippen LogP contribution in [0.15, 0.2) is 0 Å². The Hall–Kier alpha value is -0.120. The molecule has 1 rings (SSSR count). The fourth-order valence-electron chi connectivity index (χ4n) is 2.39. The number of piperidine rings is 1. The second kappa shape index (κ2) is 6.58. The molecule has 2 N–H and O–H groups in total. The second-order valence-electron chi connectivity index (χ2n) is 5.00. The van der Waals surface area contributed by atoms with Crippen molar-refractivity contribution in [2.24, 2.45) is 5.73 Å². The molecule has 96 valence electrons. The van der Waals surface area contributed by atoms with Crippen LogP contribution in [0, 0.1) is 0 Å². The van der Waals surface area contributed by atoms with Crippen LogP contribution in [0.3, 0.4) is 0 Å². The zero-order chi connectivity index (χ0) is 12.0. The highest BCUT2D eigenvalue weighted by atomic mass is 16.5. The van der Waals surface area contributed by atoms with E-state index in [9.17, 15) is 0 Å². The lowest BCUT2D eigenvalue weighted by Crippen LogP contribution is -2.51. The minimum Gasteiger partial charge on any atom is -0.378 e. The van der Waals surface area contributed by atoms with E-state index in [1.54, 1.807) is 0 Å². The van der Waals surface area contributed by atoms with E-state index in [0.717, 1.165) is 51.9 Å². The van der Waals surface area contributed by atoms with Gasteiger partial charge >= 0.3 is 0 Å². The van der Waals surface area contributed by atoms with Crippen molar-refractivity contribution < 1.29 is 4.74 Å². The van der Waals surface area contributed by atoms with Gasteiger partial charge in [0.25, 0.3) is 0 Å². The minimum absolute atomic E-state index is 0.0124. The molecule has 3 nitrogen and oxygen atoms in total. The summed E-state index contributed by atoms with van der Waals surface area (Å²) < 4.78 is 5.66. The maximum atomic E-state index is 6.35. The quantitative estimate of drug-likeness (QED) is 0.756. The maximum Gasteiger partial charge on any atom is 0.0599 e. The third-order valence-corrected chi connectivity index (χ3v) is 3.88. The van der Waals surface area contributed by atoms with Gasteiger partial charge < -0.3 is 15.4 Å². The molecule has 0 spiro atoms. The van der Waals surface area contributed by atoms with Crippen LogP contribution in [0.1, 0.15) is 46.5 Å². The highest BCUT2D eigenvalue weighted by Crippen LogP contribution is 2.18. The number of rotatable bonds is 6. The molecule has 1 heterocycles. The Bertz CT molecular complexity index is 184. The van der Waals surface area contributed by atoms with Gasteiger partial charge in [0.1, 0.15) is 0 Å². The predicted octanol–water partition coefficient (Wildman–Crippen LogP) is 2.00. The standard InChI is InChI=1S/C13H28N2O/c1-4-13(14,5-2)11-15-9-7-12(8-10-15)16-6-3/h12H,4-11,14H2,1-3H3. The topological polar surface area (TPSA) is 38.5 Å². The van der Waals surface area contributed by atoms with Crippen molar-refractivity contribution in [2.45, 2.75) is 58.1 Å². The van der Waals surface area contributed by atoms with Crippen molar-refractivity contribution in [3.8, 4) is 0 Å². The summed E-state index contributed by atoms with van der Waals surface area (Å²) in [5.41, 5.74) is 6.36. The molecule has 0 radical (unpaired) electrons. The van der Waals surface area contributed by atoms with E-state index in [1.807, 2.05) is 0 Å². The van der Waals surface area contributed by atoms with E-state index in [0.29, 0.717) is 6.10 Å². The van der Waals surface area contributed by atoms with E-state index >= 15 is 0 Å². The summed E-state index contributed by atoms with van der Waals surface area (Å²) in [7, 11) is 0. The lowest BCUT2D eigenvalue weighted by molar-refractivity contribution is 0.00918. The molecule has 3 heteroatoms. The fraction of sp³-hybridized carbons (Fsp3) is 1.00. The van der Waals surface area contributed by atoms with Crippen molar-refractivity contribution in [3.05, 3.63) is 0 Å². The van der Waals surface area contributed by atoms with Crippen molar-refractivity contribution in [3.63, 3.8) is 0 Å². The Morgan fingerprint density at radius 3 is 2.19 bits per heavy atom. The highest BCUT2D eigenvalue weighted by Gasteiger charge is 2.27. The van der Waals surface area contributed by atoms with Gasteiger partial charge in [-0.25, -0.2) is 0 Å². The first-order chi connectivity index (χ1) is 7.63. The van der Waals surface area contributed by atoms with E-state index < -0.39 is 0 Å². The summed E-state index contributed by atoms with van der Waals surface area (Å²) in [6, 6.07) is 0. The van der Waals surface area contributed by atoms with E-state index in [4.69, 9.17) is 10.5 Å². The Kier molecular flexibility index (Phi) is 5.73. The van der Waals surface area contributed by atoms with E-state index in [2.05, 4.69) is 25.7 Å². The molecule has 1 aliphatic rings. The molecule has 0 aromatic carbocycles. The number of likely N-dealkylation sites (tertiary alicyclic amines) is 1. The first kappa shape index (κ1) is 13.9. The molecular formula is C13H28N2O. The van der Waals surface area contributed by atoms with Crippen LogP contribution >= 0.6 is 0 Å². The molecule has 0 aromatic heterocycles. The number of hydrogen-bond donors (Lipinski definition) is 1. The van der Waals surface area contributed by atoms with Gasteiger partial charge in [0.05, 0.1) is 6.10 Å². The van der Waals surface area contributed by atoms with Gasteiger partial charge in [0.15, 0.2) is 0 Å². The zero-order valence-electron chi connectivity index (χ0n) is 11.2. The molecule has 0 atom stereocenters. The van der Waals surface area contributed by atoms with Gasteiger partial charge in [0, 0.05) is 31.8 Å². The number of nitrogens with two attached hydrogens (primary N) is 1. The first-order valence-corrected chi connectivity index (χ1v) is 6.76. The third-order valence-electron chi connectivity index (χ3n) is 3.88. The summed E-state index contributed by atoms with van der Waals surface area (Å²) >= 11 is 0. The largest absolute Gasteiger partial charge is 0.378 e. The third kappa shape index (κ3) is 4.04. The average Bonchev–Trinajstić information content (AvgIpc) is 2.32. The van der Waals surface area contributed by atoms with E-state index in [1.165, 1.54) is 0 Å². The molecule has 0 aromatic rings.